The van der Waals surface area contributed by atoms with E-state index >= 15 is 0 Å². The van der Waals surface area contributed by atoms with Crippen LogP contribution in [0.4, 0.5) is 14.5 Å². The molecule has 2 atom stereocenters. The van der Waals surface area contributed by atoms with Gasteiger partial charge in [0.05, 0.1) is 0 Å². The number of benzene rings is 1. The number of para-hydroxylation sites is 1. The van der Waals surface area contributed by atoms with Crippen LogP contribution < -0.4 is 15.5 Å². The average Bonchev–Trinajstić information content (AvgIpc) is 3.37. The molecule has 144 valence electrons. The predicted molar refractivity (Wildman–Crippen MR) is 102 cm³/mol. The first-order valence-corrected chi connectivity index (χ1v) is 9.37. The van der Waals surface area contributed by atoms with Crippen LogP contribution in [-0.4, -0.2) is 62.7 Å². The van der Waals surface area contributed by atoms with Crippen LogP contribution in [0.5, 0.6) is 0 Å². The van der Waals surface area contributed by atoms with E-state index in [1.165, 1.54) is 31.0 Å². The zero-order valence-corrected chi connectivity index (χ0v) is 15.8. The van der Waals surface area contributed by atoms with Crippen LogP contribution in [0.2, 0.25) is 0 Å². The maximum absolute atomic E-state index is 14.0. The maximum Gasteiger partial charge on any atom is 0.191 e. The largest absolute Gasteiger partial charge is 0.365 e. The first kappa shape index (κ1) is 18.9. The highest BCUT2D eigenvalue weighted by atomic mass is 19.1. The molecule has 0 spiro atoms. The monoisotopic (exact) mass is 365 g/mol. The highest BCUT2D eigenvalue weighted by Crippen LogP contribution is 2.27. The van der Waals surface area contributed by atoms with Gasteiger partial charge in [0.15, 0.2) is 5.96 Å². The Labute approximate surface area is 154 Å². The summed E-state index contributed by atoms with van der Waals surface area (Å²) in [7, 11) is 3.91. The van der Waals surface area contributed by atoms with Crippen LogP contribution in [-0.2, 0) is 0 Å². The number of likely N-dealkylation sites (N-methyl/N-ethyl adjacent to an activating group) is 1. The minimum absolute atomic E-state index is 0.0689. The molecule has 1 aromatic carbocycles. The molecule has 0 radical (unpaired) electrons. The topological polar surface area (TPSA) is 42.9 Å². The first-order valence-electron chi connectivity index (χ1n) is 9.37. The molecule has 26 heavy (non-hydrogen) atoms. The van der Waals surface area contributed by atoms with Crippen molar-refractivity contribution in [2.75, 3.05) is 38.6 Å². The lowest BCUT2D eigenvalue weighted by molar-refractivity contribution is 0.247. The molecule has 2 fully saturated rings. The number of guanidine groups is 1. The second kappa shape index (κ2) is 8.20. The summed E-state index contributed by atoms with van der Waals surface area (Å²) in [5.74, 6) is -0.280. The van der Waals surface area contributed by atoms with Gasteiger partial charge in [-0.25, -0.2) is 8.78 Å². The Bertz CT molecular complexity index is 627. The van der Waals surface area contributed by atoms with Crippen LogP contribution in [0, 0.1) is 11.6 Å². The fourth-order valence-corrected chi connectivity index (χ4v) is 3.49. The second-order valence-electron chi connectivity index (χ2n) is 7.34. The lowest BCUT2D eigenvalue weighted by Gasteiger charge is -2.26. The van der Waals surface area contributed by atoms with E-state index in [-0.39, 0.29) is 11.7 Å². The molecular weight excluding hydrogens is 336 g/mol. The number of aliphatic imine (C=N–C) groups is 1. The SMILES string of the molecule is CN=C(NCC(C)N(C)C1CC1)NC1CCN(c2c(F)cccc2F)C1. The van der Waals surface area contributed by atoms with E-state index in [1.807, 2.05) is 0 Å². The Hall–Kier alpha value is -1.89. The molecule has 3 rings (SSSR count). The van der Waals surface area contributed by atoms with Crippen molar-refractivity contribution in [3.05, 3.63) is 29.8 Å². The molecule has 5 nitrogen and oxygen atoms in total. The van der Waals surface area contributed by atoms with E-state index in [1.54, 1.807) is 11.9 Å². The first-order chi connectivity index (χ1) is 12.5. The van der Waals surface area contributed by atoms with E-state index in [0.29, 0.717) is 19.1 Å². The van der Waals surface area contributed by atoms with E-state index in [2.05, 4.69) is 34.5 Å². The molecule has 2 aliphatic rings. The van der Waals surface area contributed by atoms with Gasteiger partial charge in [-0.05, 0) is 45.4 Å². The number of halogens is 2. The van der Waals surface area contributed by atoms with Gasteiger partial charge >= 0.3 is 0 Å². The summed E-state index contributed by atoms with van der Waals surface area (Å²) in [5, 5.41) is 6.74. The summed E-state index contributed by atoms with van der Waals surface area (Å²) < 4.78 is 27.9. The number of nitrogens with one attached hydrogen (secondary N) is 2. The molecule has 1 saturated heterocycles. The fraction of sp³-hybridized carbons (Fsp3) is 0.632. The van der Waals surface area contributed by atoms with Crippen molar-refractivity contribution in [3.63, 3.8) is 0 Å². The Morgan fingerprint density at radius 1 is 1.31 bits per heavy atom. The quantitative estimate of drug-likeness (QED) is 0.599. The van der Waals surface area contributed by atoms with E-state index in [9.17, 15) is 8.78 Å². The maximum atomic E-state index is 14.0. The van der Waals surface area contributed by atoms with Crippen molar-refractivity contribution in [2.45, 2.75) is 44.3 Å². The Morgan fingerprint density at radius 2 is 2.00 bits per heavy atom. The summed E-state index contributed by atoms with van der Waals surface area (Å²) in [5.41, 5.74) is 0.0689. The number of nitrogens with zero attached hydrogens (tertiary/aromatic N) is 3. The van der Waals surface area contributed by atoms with Gasteiger partial charge in [-0.1, -0.05) is 6.07 Å². The van der Waals surface area contributed by atoms with Crippen molar-refractivity contribution in [1.29, 1.82) is 0 Å². The Morgan fingerprint density at radius 3 is 2.62 bits per heavy atom. The minimum Gasteiger partial charge on any atom is -0.365 e. The molecule has 0 bridgehead atoms. The summed E-state index contributed by atoms with van der Waals surface area (Å²) >= 11 is 0. The van der Waals surface area contributed by atoms with Crippen molar-refractivity contribution < 1.29 is 8.78 Å². The van der Waals surface area contributed by atoms with Gasteiger partial charge < -0.3 is 15.5 Å². The van der Waals surface area contributed by atoms with Crippen LogP contribution >= 0.6 is 0 Å². The van der Waals surface area contributed by atoms with Gasteiger partial charge in [0.2, 0.25) is 0 Å². The van der Waals surface area contributed by atoms with Gasteiger partial charge in [0, 0.05) is 44.8 Å². The third-order valence-corrected chi connectivity index (χ3v) is 5.39. The zero-order chi connectivity index (χ0) is 18.7. The molecule has 1 aliphatic heterocycles. The van der Waals surface area contributed by atoms with Gasteiger partial charge in [-0.15, -0.1) is 0 Å². The third kappa shape index (κ3) is 4.44. The number of hydrogen-bond acceptors (Lipinski definition) is 3. The summed E-state index contributed by atoms with van der Waals surface area (Å²) in [6.07, 6.45) is 3.39. The third-order valence-electron chi connectivity index (χ3n) is 5.39. The van der Waals surface area contributed by atoms with Crippen molar-refractivity contribution in [3.8, 4) is 0 Å². The highest BCUT2D eigenvalue weighted by molar-refractivity contribution is 5.80. The van der Waals surface area contributed by atoms with Crippen LogP contribution in [0.3, 0.4) is 0 Å². The van der Waals surface area contributed by atoms with Gasteiger partial charge in [0.1, 0.15) is 17.3 Å². The van der Waals surface area contributed by atoms with Gasteiger partial charge in [0.25, 0.3) is 0 Å². The Kier molecular flexibility index (Phi) is 5.96. The van der Waals surface area contributed by atoms with Crippen LogP contribution in [0.15, 0.2) is 23.2 Å². The van der Waals surface area contributed by atoms with Crippen molar-refractivity contribution in [2.24, 2.45) is 4.99 Å². The van der Waals surface area contributed by atoms with Gasteiger partial charge in [-0.3, -0.25) is 9.89 Å². The predicted octanol–water partition coefficient (Wildman–Crippen LogP) is 2.19. The number of hydrogen-bond donors (Lipinski definition) is 2. The molecule has 2 unspecified atom stereocenters. The lowest BCUT2D eigenvalue weighted by atomic mass is 10.2. The van der Waals surface area contributed by atoms with Crippen LogP contribution in [0.1, 0.15) is 26.2 Å². The highest BCUT2D eigenvalue weighted by Gasteiger charge is 2.30. The number of rotatable bonds is 6. The molecule has 7 heteroatoms. The molecule has 1 aliphatic carbocycles. The Balaban J connectivity index is 1.50. The average molecular weight is 365 g/mol. The normalized spacial score (nSPS) is 22.0. The summed E-state index contributed by atoms with van der Waals surface area (Å²) in [6.45, 7) is 4.19. The number of anilines is 1. The molecule has 2 N–H and O–H groups in total. The fourth-order valence-electron chi connectivity index (χ4n) is 3.49. The summed E-state index contributed by atoms with van der Waals surface area (Å²) in [4.78, 5) is 8.45. The molecule has 0 aromatic heterocycles. The summed E-state index contributed by atoms with van der Waals surface area (Å²) in [6, 6.07) is 5.26. The van der Waals surface area contributed by atoms with E-state index < -0.39 is 11.6 Å². The lowest BCUT2D eigenvalue weighted by Crippen LogP contribution is -2.48. The molecule has 1 aromatic rings. The molecule has 1 heterocycles. The van der Waals surface area contributed by atoms with Gasteiger partial charge in [-0.2, -0.15) is 0 Å². The molecule has 0 amide bonds. The standard InChI is InChI=1S/C19H29F2N5/c1-13(25(3)15-7-8-15)11-23-19(22-2)24-14-9-10-26(12-14)18-16(20)5-4-6-17(18)21/h4-6,13-15H,7-12H2,1-3H3,(H2,22,23,24). The van der Waals surface area contributed by atoms with Crippen molar-refractivity contribution >= 4 is 11.6 Å². The van der Waals surface area contributed by atoms with Crippen molar-refractivity contribution in [1.82, 2.24) is 15.5 Å². The molecular formula is C19H29F2N5. The second-order valence-corrected chi connectivity index (χ2v) is 7.34. The molecule has 1 saturated carbocycles. The van der Waals surface area contributed by atoms with E-state index in [0.717, 1.165) is 25.0 Å². The zero-order valence-electron chi connectivity index (χ0n) is 15.8. The minimum atomic E-state index is -0.509. The van der Waals surface area contributed by atoms with Crippen LogP contribution in [0.25, 0.3) is 0 Å². The smallest absolute Gasteiger partial charge is 0.191 e. The van der Waals surface area contributed by atoms with E-state index in [4.69, 9.17) is 0 Å².